The summed E-state index contributed by atoms with van der Waals surface area (Å²) in [6.07, 6.45) is 0. The van der Waals surface area contributed by atoms with Crippen LogP contribution in [0.25, 0.3) is 11.4 Å². The molecule has 0 radical (unpaired) electrons. The Bertz CT molecular complexity index is 651. The van der Waals surface area contributed by atoms with E-state index in [0.29, 0.717) is 23.1 Å². The van der Waals surface area contributed by atoms with Gasteiger partial charge in [-0.05, 0) is 18.2 Å². The fourth-order valence-corrected chi connectivity index (χ4v) is 1.83. The van der Waals surface area contributed by atoms with Gasteiger partial charge in [0.05, 0.1) is 14.2 Å². The summed E-state index contributed by atoms with van der Waals surface area (Å²) in [7, 11) is 3.18. The second kappa shape index (κ2) is 5.55. The van der Waals surface area contributed by atoms with E-state index < -0.39 is 0 Å². The molecule has 0 aliphatic heterocycles. The lowest BCUT2D eigenvalue weighted by Crippen LogP contribution is -2.18. The number of benzene rings is 1. The summed E-state index contributed by atoms with van der Waals surface area (Å²) in [5.41, 5.74) is 6.39. The summed E-state index contributed by atoms with van der Waals surface area (Å²) in [6.45, 7) is 6.08. The summed E-state index contributed by atoms with van der Waals surface area (Å²) in [5.74, 6) is 2.65. The molecule has 0 aliphatic carbocycles. The maximum absolute atomic E-state index is 5.80. The van der Waals surface area contributed by atoms with Crippen molar-refractivity contribution < 1.29 is 9.47 Å². The number of nitrogens with zero attached hydrogens (tertiary/aromatic N) is 3. The Labute approximate surface area is 124 Å². The fourth-order valence-electron chi connectivity index (χ4n) is 1.83. The van der Waals surface area contributed by atoms with Crippen LogP contribution in [-0.4, -0.2) is 29.2 Å². The summed E-state index contributed by atoms with van der Waals surface area (Å²) in [6, 6.07) is 5.49. The number of hydrogen-bond acceptors (Lipinski definition) is 6. The van der Waals surface area contributed by atoms with Crippen molar-refractivity contribution in [2.75, 3.05) is 20.0 Å². The molecule has 6 nitrogen and oxygen atoms in total. The van der Waals surface area contributed by atoms with Crippen LogP contribution in [-0.2, 0) is 5.41 Å². The van der Waals surface area contributed by atoms with Gasteiger partial charge in [0.15, 0.2) is 17.3 Å². The second-order valence-corrected chi connectivity index (χ2v) is 5.66. The molecule has 0 atom stereocenters. The van der Waals surface area contributed by atoms with Crippen LogP contribution in [0.5, 0.6) is 11.5 Å². The molecule has 2 N–H and O–H groups in total. The highest BCUT2D eigenvalue weighted by molar-refractivity contribution is 5.61. The Morgan fingerprint density at radius 2 is 1.62 bits per heavy atom. The van der Waals surface area contributed by atoms with Gasteiger partial charge in [-0.2, -0.15) is 9.97 Å². The van der Waals surface area contributed by atoms with Gasteiger partial charge < -0.3 is 15.2 Å². The van der Waals surface area contributed by atoms with Crippen molar-refractivity contribution in [1.82, 2.24) is 15.0 Å². The topological polar surface area (TPSA) is 83.2 Å². The van der Waals surface area contributed by atoms with Gasteiger partial charge in [0.2, 0.25) is 5.95 Å². The average Bonchev–Trinajstić information content (AvgIpc) is 2.45. The zero-order chi connectivity index (χ0) is 15.6. The van der Waals surface area contributed by atoms with E-state index in [1.807, 2.05) is 39.0 Å². The highest BCUT2D eigenvalue weighted by Gasteiger charge is 2.20. The molecule has 21 heavy (non-hydrogen) atoms. The van der Waals surface area contributed by atoms with E-state index in [9.17, 15) is 0 Å². The molecule has 2 aromatic rings. The van der Waals surface area contributed by atoms with E-state index in [4.69, 9.17) is 15.2 Å². The zero-order valence-electron chi connectivity index (χ0n) is 13.0. The standard InChI is InChI=1S/C15H20N4O2/c1-15(2,3)13-17-12(18-14(16)19-13)9-6-7-10(20-4)11(8-9)21-5/h6-8H,1-5H3,(H2,16,17,18,19). The molecule has 0 unspecified atom stereocenters. The molecule has 0 saturated carbocycles. The van der Waals surface area contributed by atoms with E-state index in [0.717, 1.165) is 5.56 Å². The average molecular weight is 288 g/mol. The lowest BCUT2D eigenvalue weighted by Gasteiger charge is -2.17. The Morgan fingerprint density at radius 3 is 2.19 bits per heavy atom. The van der Waals surface area contributed by atoms with Gasteiger partial charge in [-0.15, -0.1) is 0 Å². The molecule has 0 saturated heterocycles. The molecule has 6 heteroatoms. The molecule has 0 bridgehead atoms. The Morgan fingerprint density at radius 1 is 0.952 bits per heavy atom. The molecule has 0 amide bonds. The molecule has 2 rings (SSSR count). The van der Waals surface area contributed by atoms with E-state index in [1.165, 1.54) is 0 Å². The van der Waals surface area contributed by atoms with Crippen molar-refractivity contribution in [3.05, 3.63) is 24.0 Å². The van der Waals surface area contributed by atoms with E-state index in [2.05, 4.69) is 15.0 Å². The van der Waals surface area contributed by atoms with E-state index >= 15 is 0 Å². The number of rotatable bonds is 3. The number of methoxy groups -OCH3 is 2. The van der Waals surface area contributed by atoms with Crippen LogP contribution in [0.1, 0.15) is 26.6 Å². The van der Waals surface area contributed by atoms with Crippen LogP contribution in [0, 0.1) is 0 Å². The minimum Gasteiger partial charge on any atom is -0.493 e. The zero-order valence-corrected chi connectivity index (χ0v) is 13.0. The monoisotopic (exact) mass is 288 g/mol. The van der Waals surface area contributed by atoms with Crippen molar-refractivity contribution in [2.24, 2.45) is 0 Å². The van der Waals surface area contributed by atoms with Gasteiger partial charge in [-0.3, -0.25) is 0 Å². The van der Waals surface area contributed by atoms with Crippen molar-refractivity contribution in [3.63, 3.8) is 0 Å². The number of anilines is 1. The molecule has 1 aromatic carbocycles. The maximum atomic E-state index is 5.80. The fraction of sp³-hybridized carbons (Fsp3) is 0.400. The number of hydrogen-bond donors (Lipinski definition) is 1. The van der Waals surface area contributed by atoms with Crippen LogP contribution in [0.15, 0.2) is 18.2 Å². The lowest BCUT2D eigenvalue weighted by atomic mass is 9.96. The number of aromatic nitrogens is 3. The van der Waals surface area contributed by atoms with Gasteiger partial charge in [-0.25, -0.2) is 4.98 Å². The summed E-state index contributed by atoms with van der Waals surface area (Å²) in [5, 5.41) is 0. The first kappa shape index (κ1) is 15.0. The normalized spacial score (nSPS) is 11.3. The molecule has 1 heterocycles. The summed E-state index contributed by atoms with van der Waals surface area (Å²) in [4.78, 5) is 12.9. The minimum atomic E-state index is -0.206. The number of nitrogen functional groups attached to an aromatic ring is 1. The molecule has 0 aliphatic rings. The van der Waals surface area contributed by atoms with Crippen LogP contribution in [0.2, 0.25) is 0 Å². The molecule has 1 aromatic heterocycles. The van der Waals surface area contributed by atoms with Gasteiger partial charge in [0.25, 0.3) is 0 Å². The molecule has 0 fully saturated rings. The predicted molar refractivity (Wildman–Crippen MR) is 81.5 cm³/mol. The van der Waals surface area contributed by atoms with E-state index in [1.54, 1.807) is 14.2 Å². The first-order valence-electron chi connectivity index (χ1n) is 6.59. The smallest absolute Gasteiger partial charge is 0.223 e. The quantitative estimate of drug-likeness (QED) is 0.934. The van der Waals surface area contributed by atoms with Crippen LogP contribution in [0.3, 0.4) is 0 Å². The van der Waals surface area contributed by atoms with Crippen molar-refractivity contribution in [2.45, 2.75) is 26.2 Å². The first-order valence-corrected chi connectivity index (χ1v) is 6.59. The van der Waals surface area contributed by atoms with Crippen LogP contribution >= 0.6 is 0 Å². The van der Waals surface area contributed by atoms with Crippen LogP contribution < -0.4 is 15.2 Å². The second-order valence-electron chi connectivity index (χ2n) is 5.66. The Hall–Kier alpha value is -2.37. The Kier molecular flexibility index (Phi) is 3.97. The van der Waals surface area contributed by atoms with Crippen molar-refractivity contribution in [1.29, 1.82) is 0 Å². The van der Waals surface area contributed by atoms with Gasteiger partial charge in [-0.1, -0.05) is 20.8 Å². The Balaban J connectivity index is 2.54. The summed E-state index contributed by atoms with van der Waals surface area (Å²) >= 11 is 0. The molecule has 0 spiro atoms. The third-order valence-corrected chi connectivity index (χ3v) is 2.97. The maximum Gasteiger partial charge on any atom is 0.223 e. The van der Waals surface area contributed by atoms with Crippen molar-refractivity contribution in [3.8, 4) is 22.9 Å². The van der Waals surface area contributed by atoms with E-state index in [-0.39, 0.29) is 11.4 Å². The van der Waals surface area contributed by atoms with Crippen molar-refractivity contribution >= 4 is 5.95 Å². The number of nitrogens with two attached hydrogens (primary N) is 1. The first-order chi connectivity index (χ1) is 9.85. The predicted octanol–water partition coefficient (Wildman–Crippen LogP) is 2.44. The molecular formula is C15H20N4O2. The van der Waals surface area contributed by atoms with Gasteiger partial charge >= 0.3 is 0 Å². The molecule has 112 valence electrons. The minimum absolute atomic E-state index is 0.206. The third-order valence-electron chi connectivity index (χ3n) is 2.97. The SMILES string of the molecule is COc1ccc(-c2nc(N)nc(C(C)(C)C)n2)cc1OC. The highest BCUT2D eigenvalue weighted by Crippen LogP contribution is 2.31. The largest absolute Gasteiger partial charge is 0.493 e. The molecular weight excluding hydrogens is 268 g/mol. The lowest BCUT2D eigenvalue weighted by molar-refractivity contribution is 0.355. The van der Waals surface area contributed by atoms with Gasteiger partial charge in [0.1, 0.15) is 5.82 Å². The van der Waals surface area contributed by atoms with Gasteiger partial charge in [0, 0.05) is 11.0 Å². The third kappa shape index (κ3) is 3.21. The highest BCUT2D eigenvalue weighted by atomic mass is 16.5. The van der Waals surface area contributed by atoms with Crippen LogP contribution in [0.4, 0.5) is 5.95 Å². The number of ether oxygens (including phenoxy) is 2. The summed E-state index contributed by atoms with van der Waals surface area (Å²) < 4.78 is 10.5.